The van der Waals surface area contributed by atoms with Gasteiger partial charge in [-0.1, -0.05) is 11.6 Å². The summed E-state index contributed by atoms with van der Waals surface area (Å²) in [4.78, 5) is 36.8. The van der Waals surface area contributed by atoms with Gasteiger partial charge in [-0.2, -0.15) is 0 Å². The molecule has 2 N–H and O–H groups in total. The van der Waals surface area contributed by atoms with Crippen LogP contribution in [0.5, 0.6) is 5.75 Å². The summed E-state index contributed by atoms with van der Waals surface area (Å²) in [7, 11) is 1.64. The minimum Gasteiger partial charge on any atom is -0.496 e. The number of carbonyl (C=O) groups is 3. The van der Waals surface area contributed by atoms with Crippen molar-refractivity contribution in [3.05, 3.63) is 28.8 Å². The van der Waals surface area contributed by atoms with E-state index in [4.69, 9.17) is 16.3 Å². The number of nitrogens with zero attached hydrogens (tertiary/aromatic N) is 1. The van der Waals surface area contributed by atoms with Gasteiger partial charge in [-0.3, -0.25) is 14.9 Å². The maximum atomic E-state index is 12.4. The molecule has 4 amide bonds. The van der Waals surface area contributed by atoms with E-state index in [-0.39, 0.29) is 18.2 Å². The fraction of sp³-hybridized carbons (Fsp3) is 0.500. The molecule has 0 aromatic heterocycles. The smallest absolute Gasteiger partial charge is 0.322 e. The topological polar surface area (TPSA) is 87.7 Å². The summed E-state index contributed by atoms with van der Waals surface area (Å²) in [6, 6.07) is 4.50. The van der Waals surface area contributed by atoms with E-state index in [0.29, 0.717) is 30.5 Å². The third-order valence-electron chi connectivity index (χ3n) is 4.98. The van der Waals surface area contributed by atoms with E-state index in [1.807, 2.05) is 17.0 Å². The zero-order chi connectivity index (χ0) is 18.7. The van der Waals surface area contributed by atoms with Gasteiger partial charge in [0.2, 0.25) is 5.91 Å². The molecule has 1 aromatic rings. The first-order valence-corrected chi connectivity index (χ1v) is 9.08. The van der Waals surface area contributed by atoms with Crippen molar-refractivity contribution in [2.45, 2.75) is 37.6 Å². The van der Waals surface area contributed by atoms with Crippen LogP contribution in [0.15, 0.2) is 18.2 Å². The lowest BCUT2D eigenvalue weighted by Gasteiger charge is -2.33. The summed E-state index contributed by atoms with van der Waals surface area (Å²) in [5.74, 6) is 0.764. The molecule has 2 heterocycles. The Kier molecular flexibility index (Phi) is 5.66. The van der Waals surface area contributed by atoms with Gasteiger partial charge in [0.05, 0.1) is 7.11 Å². The van der Waals surface area contributed by atoms with Gasteiger partial charge in [0.15, 0.2) is 0 Å². The molecule has 8 heteroatoms. The van der Waals surface area contributed by atoms with Gasteiger partial charge in [0.25, 0.3) is 5.91 Å². The number of carbonyl (C=O) groups excluding carboxylic acids is 3. The number of hydrogen-bond donors (Lipinski definition) is 2. The number of nitrogens with one attached hydrogen (secondary N) is 2. The maximum absolute atomic E-state index is 12.4. The van der Waals surface area contributed by atoms with Crippen LogP contribution in [-0.4, -0.2) is 49.0 Å². The molecule has 2 fully saturated rings. The molecular weight excluding hydrogens is 358 g/mol. The number of benzene rings is 1. The molecule has 1 atom stereocenters. The first kappa shape index (κ1) is 18.5. The Morgan fingerprint density at radius 3 is 2.65 bits per heavy atom. The number of imide groups is 1. The van der Waals surface area contributed by atoms with Crippen LogP contribution in [0.4, 0.5) is 4.79 Å². The molecule has 0 bridgehead atoms. The Bertz CT molecular complexity index is 716. The Hall–Kier alpha value is -2.28. The molecule has 0 aliphatic carbocycles. The SMILES string of the molecule is COc1ccc(Cl)cc1C1CCN(C(=O)CCC2NC(=O)NC2=O)CC1. The van der Waals surface area contributed by atoms with Gasteiger partial charge in [-0.15, -0.1) is 0 Å². The molecule has 0 spiro atoms. The van der Waals surface area contributed by atoms with Gasteiger partial charge in [0, 0.05) is 24.5 Å². The number of amides is 4. The molecule has 0 saturated carbocycles. The fourth-order valence-corrected chi connectivity index (χ4v) is 3.73. The number of ether oxygens (including phenoxy) is 1. The lowest BCUT2D eigenvalue weighted by molar-refractivity contribution is -0.132. The first-order chi connectivity index (χ1) is 12.5. The number of likely N-dealkylation sites (tertiary alicyclic amines) is 1. The van der Waals surface area contributed by atoms with Crippen LogP contribution in [0.1, 0.15) is 37.2 Å². The Morgan fingerprint density at radius 1 is 1.31 bits per heavy atom. The minimum atomic E-state index is -0.611. The van der Waals surface area contributed by atoms with Gasteiger partial charge in [0.1, 0.15) is 11.8 Å². The van der Waals surface area contributed by atoms with E-state index in [1.54, 1.807) is 13.2 Å². The third-order valence-corrected chi connectivity index (χ3v) is 5.22. The summed E-state index contributed by atoms with van der Waals surface area (Å²) in [6.07, 6.45) is 2.23. The molecule has 7 nitrogen and oxygen atoms in total. The van der Waals surface area contributed by atoms with E-state index >= 15 is 0 Å². The second kappa shape index (κ2) is 7.95. The van der Waals surface area contributed by atoms with Crippen molar-refractivity contribution in [3.8, 4) is 5.75 Å². The van der Waals surface area contributed by atoms with E-state index in [0.717, 1.165) is 24.2 Å². The Balaban J connectivity index is 1.52. The monoisotopic (exact) mass is 379 g/mol. The van der Waals surface area contributed by atoms with E-state index in [1.165, 1.54) is 0 Å². The Morgan fingerprint density at radius 2 is 2.04 bits per heavy atom. The predicted octanol–water partition coefficient (Wildman–Crippen LogP) is 2.04. The van der Waals surface area contributed by atoms with Crippen LogP contribution in [0, 0.1) is 0 Å². The molecule has 1 unspecified atom stereocenters. The molecule has 3 rings (SSSR count). The molecule has 140 valence electrons. The average molecular weight is 380 g/mol. The van der Waals surface area contributed by atoms with Crippen LogP contribution in [0.25, 0.3) is 0 Å². The van der Waals surface area contributed by atoms with Gasteiger partial charge >= 0.3 is 6.03 Å². The van der Waals surface area contributed by atoms with Crippen LogP contribution in [-0.2, 0) is 9.59 Å². The molecular formula is C18H22ClN3O4. The lowest BCUT2D eigenvalue weighted by Crippen LogP contribution is -2.39. The van der Waals surface area contributed by atoms with Crippen molar-refractivity contribution in [1.82, 2.24) is 15.5 Å². The summed E-state index contributed by atoms with van der Waals surface area (Å²) in [5, 5.41) is 5.36. The minimum absolute atomic E-state index is 0.00968. The first-order valence-electron chi connectivity index (χ1n) is 8.70. The fourth-order valence-electron chi connectivity index (χ4n) is 3.55. The summed E-state index contributed by atoms with van der Waals surface area (Å²) >= 11 is 6.12. The zero-order valence-corrected chi connectivity index (χ0v) is 15.3. The number of methoxy groups -OCH3 is 1. The highest BCUT2D eigenvalue weighted by Crippen LogP contribution is 2.36. The number of urea groups is 1. The zero-order valence-electron chi connectivity index (χ0n) is 14.6. The molecule has 0 radical (unpaired) electrons. The summed E-state index contributed by atoms with van der Waals surface area (Å²) in [5.41, 5.74) is 1.08. The summed E-state index contributed by atoms with van der Waals surface area (Å²) in [6.45, 7) is 1.31. The van der Waals surface area contributed by atoms with Crippen molar-refractivity contribution in [3.63, 3.8) is 0 Å². The van der Waals surface area contributed by atoms with Crippen molar-refractivity contribution >= 4 is 29.4 Å². The van der Waals surface area contributed by atoms with E-state index in [9.17, 15) is 14.4 Å². The van der Waals surface area contributed by atoms with Gasteiger partial charge in [-0.05, 0) is 48.9 Å². The highest BCUT2D eigenvalue weighted by molar-refractivity contribution is 6.30. The molecule has 2 saturated heterocycles. The van der Waals surface area contributed by atoms with Crippen LogP contribution in [0.3, 0.4) is 0 Å². The van der Waals surface area contributed by atoms with Crippen LogP contribution < -0.4 is 15.4 Å². The van der Waals surface area contributed by atoms with Crippen LogP contribution >= 0.6 is 11.6 Å². The van der Waals surface area contributed by atoms with Crippen molar-refractivity contribution < 1.29 is 19.1 Å². The van der Waals surface area contributed by atoms with Crippen molar-refractivity contribution in [1.29, 1.82) is 0 Å². The van der Waals surface area contributed by atoms with Gasteiger partial charge < -0.3 is 15.0 Å². The number of piperidine rings is 1. The second-order valence-electron chi connectivity index (χ2n) is 6.60. The predicted molar refractivity (Wildman–Crippen MR) is 96.3 cm³/mol. The molecule has 2 aliphatic rings. The lowest BCUT2D eigenvalue weighted by atomic mass is 9.88. The highest BCUT2D eigenvalue weighted by atomic mass is 35.5. The third kappa shape index (κ3) is 4.09. The number of rotatable bonds is 5. The van der Waals surface area contributed by atoms with Crippen LogP contribution in [0.2, 0.25) is 5.02 Å². The largest absolute Gasteiger partial charge is 0.496 e. The number of halogens is 1. The van der Waals surface area contributed by atoms with E-state index < -0.39 is 12.1 Å². The average Bonchev–Trinajstić information content (AvgIpc) is 2.97. The second-order valence-corrected chi connectivity index (χ2v) is 7.03. The summed E-state index contributed by atoms with van der Waals surface area (Å²) < 4.78 is 5.43. The van der Waals surface area contributed by atoms with Gasteiger partial charge in [-0.25, -0.2) is 4.79 Å². The molecule has 26 heavy (non-hydrogen) atoms. The maximum Gasteiger partial charge on any atom is 0.322 e. The van der Waals surface area contributed by atoms with Crippen molar-refractivity contribution in [2.75, 3.05) is 20.2 Å². The quantitative estimate of drug-likeness (QED) is 0.766. The van der Waals surface area contributed by atoms with Crippen molar-refractivity contribution in [2.24, 2.45) is 0 Å². The molecule has 2 aliphatic heterocycles. The van der Waals surface area contributed by atoms with E-state index in [2.05, 4.69) is 10.6 Å². The normalized spacial score (nSPS) is 20.7. The number of hydrogen-bond acceptors (Lipinski definition) is 4. The Labute approximate surface area is 157 Å². The molecule has 1 aromatic carbocycles. The standard InChI is InChI=1S/C18H22ClN3O4/c1-26-15-4-2-12(19)10-13(15)11-6-8-22(9-7-11)16(23)5-3-14-17(24)21-18(25)20-14/h2,4,10-11,14H,3,5-9H2,1H3,(H2,20,21,24,25). The highest BCUT2D eigenvalue weighted by Gasteiger charge is 2.31.